The fourth-order valence-electron chi connectivity index (χ4n) is 9.15. The van der Waals surface area contributed by atoms with Crippen LogP contribution in [-0.2, 0) is 0 Å². The van der Waals surface area contributed by atoms with Crippen LogP contribution < -0.4 is 4.90 Å². The van der Waals surface area contributed by atoms with Crippen molar-refractivity contribution in [1.29, 1.82) is 0 Å². The molecule has 0 fully saturated rings. The van der Waals surface area contributed by atoms with Crippen LogP contribution in [0.15, 0.2) is 211 Å². The van der Waals surface area contributed by atoms with E-state index in [2.05, 4.69) is 210 Å². The summed E-state index contributed by atoms with van der Waals surface area (Å²) in [5.74, 6) is 0. The summed E-state index contributed by atoms with van der Waals surface area (Å²) in [5.41, 5.74) is 11.0. The van der Waals surface area contributed by atoms with E-state index in [1.54, 1.807) is 0 Å². The van der Waals surface area contributed by atoms with Crippen molar-refractivity contribution < 1.29 is 4.42 Å². The molecule has 0 saturated heterocycles. The van der Waals surface area contributed by atoms with E-state index in [0.717, 1.165) is 55.5 Å². The first-order chi connectivity index (χ1) is 28.3. The first kappa shape index (κ1) is 31.7. The Morgan fingerprint density at radius 3 is 1.74 bits per heavy atom. The molecule has 3 nitrogen and oxygen atoms in total. The number of furan rings is 1. The highest BCUT2D eigenvalue weighted by atomic mass is 16.3. The van der Waals surface area contributed by atoms with E-state index >= 15 is 0 Å². The lowest BCUT2D eigenvalue weighted by Gasteiger charge is -2.29. The van der Waals surface area contributed by atoms with Crippen molar-refractivity contribution in [2.45, 2.75) is 0 Å². The molecule has 0 saturated carbocycles. The van der Waals surface area contributed by atoms with Gasteiger partial charge < -0.3 is 13.9 Å². The third-order valence-corrected chi connectivity index (χ3v) is 11.7. The molecular weight excluding hydrogens is 693 g/mol. The number of aromatic nitrogens is 1. The Morgan fingerprint density at radius 1 is 0.351 bits per heavy atom. The van der Waals surface area contributed by atoms with Crippen molar-refractivity contribution in [3.63, 3.8) is 0 Å². The van der Waals surface area contributed by atoms with Crippen LogP contribution in [-0.4, -0.2) is 4.57 Å². The highest BCUT2D eigenvalue weighted by Gasteiger charge is 2.23. The van der Waals surface area contributed by atoms with Crippen molar-refractivity contribution in [3.05, 3.63) is 206 Å². The maximum atomic E-state index is 6.57. The standard InChI is InChI=1S/C54H34N2O/c1-2-15-38(16-3-1)55-49-24-12-10-21-44(49)47-32-36(28-31-50(47)55)35-26-29-39(30-27-35)56(51-33-37-14-4-5-17-40(37)41-18-6-7-19-42(41)51)52-34-48-45-22-11-13-25-53(45)57-54(48)46-23-9-8-20-43(46)52/h1-34H. The normalized spacial score (nSPS) is 11.9. The molecular formula is C54H34N2O. The van der Waals surface area contributed by atoms with Gasteiger partial charge in [0.25, 0.3) is 0 Å². The van der Waals surface area contributed by atoms with E-state index in [1.807, 2.05) is 6.07 Å². The molecule has 0 radical (unpaired) electrons. The van der Waals surface area contributed by atoms with Crippen LogP contribution in [0.25, 0.3) is 92.9 Å². The molecule has 0 aliphatic rings. The molecule has 10 aromatic carbocycles. The quantitative estimate of drug-likeness (QED) is 0.165. The molecule has 3 heteroatoms. The summed E-state index contributed by atoms with van der Waals surface area (Å²) in [7, 11) is 0. The number of anilines is 3. The minimum atomic E-state index is 0.894. The van der Waals surface area contributed by atoms with Gasteiger partial charge in [0.05, 0.1) is 22.4 Å². The number of fused-ring (bicyclic) bond motifs is 11. The summed E-state index contributed by atoms with van der Waals surface area (Å²) in [6.45, 7) is 0. The zero-order chi connectivity index (χ0) is 37.5. The summed E-state index contributed by atoms with van der Waals surface area (Å²) in [6.07, 6.45) is 0. The van der Waals surface area contributed by atoms with Crippen LogP contribution in [0, 0.1) is 0 Å². The van der Waals surface area contributed by atoms with Gasteiger partial charge in [-0.3, -0.25) is 0 Å². The van der Waals surface area contributed by atoms with E-state index in [4.69, 9.17) is 4.42 Å². The third-order valence-electron chi connectivity index (χ3n) is 11.7. The SMILES string of the molecule is c1ccc(-n2c3ccccc3c3cc(-c4ccc(N(c5cc6ccccc6c6ccccc56)c5cc6c7ccccc7oc6c6ccccc56)cc4)ccc32)cc1. The average Bonchev–Trinajstić information content (AvgIpc) is 3.83. The molecule has 0 bridgehead atoms. The summed E-state index contributed by atoms with van der Waals surface area (Å²) in [6, 6.07) is 74.6. The highest BCUT2D eigenvalue weighted by Crippen LogP contribution is 2.47. The summed E-state index contributed by atoms with van der Waals surface area (Å²) in [4.78, 5) is 2.46. The van der Waals surface area contributed by atoms with Crippen LogP contribution in [0.5, 0.6) is 0 Å². The third kappa shape index (κ3) is 4.86. The van der Waals surface area contributed by atoms with Gasteiger partial charge in [0, 0.05) is 49.1 Å². The molecule has 0 amide bonds. The number of para-hydroxylation sites is 3. The van der Waals surface area contributed by atoms with Crippen LogP contribution >= 0.6 is 0 Å². The molecule has 2 heterocycles. The Labute approximate surface area is 328 Å². The van der Waals surface area contributed by atoms with Crippen molar-refractivity contribution >= 4 is 93.1 Å². The zero-order valence-corrected chi connectivity index (χ0v) is 30.9. The second-order valence-corrected chi connectivity index (χ2v) is 14.9. The number of hydrogen-bond acceptors (Lipinski definition) is 2. The Morgan fingerprint density at radius 2 is 0.930 bits per heavy atom. The summed E-state index contributed by atoms with van der Waals surface area (Å²) in [5, 5.41) is 11.8. The number of benzene rings is 10. The predicted molar refractivity (Wildman–Crippen MR) is 241 cm³/mol. The minimum Gasteiger partial charge on any atom is -0.455 e. The van der Waals surface area contributed by atoms with Gasteiger partial charge >= 0.3 is 0 Å². The van der Waals surface area contributed by atoms with Gasteiger partial charge in [0.1, 0.15) is 11.2 Å². The lowest BCUT2D eigenvalue weighted by atomic mass is 9.97. The van der Waals surface area contributed by atoms with Crippen molar-refractivity contribution in [2.75, 3.05) is 4.90 Å². The maximum Gasteiger partial charge on any atom is 0.143 e. The monoisotopic (exact) mass is 726 g/mol. The molecule has 0 aliphatic heterocycles. The van der Waals surface area contributed by atoms with Gasteiger partial charge in [-0.1, -0.05) is 146 Å². The molecule has 0 spiro atoms. The second-order valence-electron chi connectivity index (χ2n) is 14.9. The van der Waals surface area contributed by atoms with Gasteiger partial charge in [0.15, 0.2) is 0 Å². The summed E-state index contributed by atoms with van der Waals surface area (Å²) >= 11 is 0. The first-order valence-corrected chi connectivity index (χ1v) is 19.5. The smallest absolute Gasteiger partial charge is 0.143 e. The van der Waals surface area contributed by atoms with E-state index in [1.165, 1.54) is 54.5 Å². The van der Waals surface area contributed by atoms with E-state index in [-0.39, 0.29) is 0 Å². The highest BCUT2D eigenvalue weighted by molar-refractivity contribution is 6.21. The Hall–Kier alpha value is -7.62. The Balaban J connectivity index is 1.09. The molecule has 12 rings (SSSR count). The molecule has 12 aromatic rings. The van der Waals surface area contributed by atoms with E-state index in [9.17, 15) is 0 Å². The number of rotatable bonds is 5. The van der Waals surface area contributed by atoms with E-state index in [0.29, 0.717) is 0 Å². The fraction of sp³-hybridized carbons (Fsp3) is 0. The van der Waals surface area contributed by atoms with Gasteiger partial charge in [-0.25, -0.2) is 0 Å². The molecule has 2 aromatic heterocycles. The van der Waals surface area contributed by atoms with Gasteiger partial charge in [0.2, 0.25) is 0 Å². The van der Waals surface area contributed by atoms with E-state index < -0.39 is 0 Å². The molecule has 0 aliphatic carbocycles. The van der Waals surface area contributed by atoms with Crippen molar-refractivity contribution in [3.8, 4) is 16.8 Å². The van der Waals surface area contributed by atoms with Gasteiger partial charge in [-0.2, -0.15) is 0 Å². The first-order valence-electron chi connectivity index (χ1n) is 19.5. The predicted octanol–water partition coefficient (Wildman–Crippen LogP) is 15.3. The summed E-state index contributed by atoms with van der Waals surface area (Å²) < 4.78 is 8.94. The largest absolute Gasteiger partial charge is 0.455 e. The van der Waals surface area contributed by atoms with Crippen molar-refractivity contribution in [2.24, 2.45) is 0 Å². The number of hydrogen-bond donors (Lipinski definition) is 0. The Bertz CT molecular complexity index is 3520. The fourth-order valence-corrected chi connectivity index (χ4v) is 9.15. The average molecular weight is 727 g/mol. The second kappa shape index (κ2) is 12.5. The molecule has 266 valence electrons. The lowest BCUT2D eigenvalue weighted by Crippen LogP contribution is -2.11. The Kier molecular flexibility index (Phi) is 6.93. The van der Waals surface area contributed by atoms with Crippen LogP contribution in [0.1, 0.15) is 0 Å². The minimum absolute atomic E-state index is 0.894. The van der Waals surface area contributed by atoms with Crippen LogP contribution in [0.4, 0.5) is 17.1 Å². The zero-order valence-electron chi connectivity index (χ0n) is 30.9. The van der Waals surface area contributed by atoms with Crippen molar-refractivity contribution in [1.82, 2.24) is 4.57 Å². The number of nitrogens with zero attached hydrogens (tertiary/aromatic N) is 2. The topological polar surface area (TPSA) is 21.3 Å². The molecule has 57 heavy (non-hydrogen) atoms. The van der Waals surface area contributed by atoms with Crippen LogP contribution in [0.2, 0.25) is 0 Å². The molecule has 0 N–H and O–H groups in total. The van der Waals surface area contributed by atoms with Crippen LogP contribution in [0.3, 0.4) is 0 Å². The lowest BCUT2D eigenvalue weighted by molar-refractivity contribution is 0.672. The molecule has 0 unspecified atom stereocenters. The van der Waals surface area contributed by atoms with Gasteiger partial charge in [-0.15, -0.1) is 0 Å². The maximum absolute atomic E-state index is 6.57. The molecule has 0 atom stereocenters. The van der Waals surface area contributed by atoms with Gasteiger partial charge in [-0.05, 0) is 87.9 Å².